The number of hydrogen-bond donors (Lipinski definition) is 3. The van der Waals surface area contributed by atoms with Crippen LogP contribution in [0.2, 0.25) is 5.02 Å². The zero-order valence-electron chi connectivity index (χ0n) is 23.7. The van der Waals surface area contributed by atoms with Crippen molar-refractivity contribution in [2.75, 3.05) is 24.9 Å². The van der Waals surface area contributed by atoms with Crippen molar-refractivity contribution in [1.29, 1.82) is 0 Å². The van der Waals surface area contributed by atoms with Crippen LogP contribution >= 0.6 is 34.7 Å². The average Bonchev–Trinajstić information content (AvgIpc) is 3.53. The first kappa shape index (κ1) is 31.7. The van der Waals surface area contributed by atoms with Crippen molar-refractivity contribution in [3.63, 3.8) is 0 Å². The first-order chi connectivity index (χ1) is 20.8. The van der Waals surface area contributed by atoms with Gasteiger partial charge in [-0.1, -0.05) is 42.8 Å². The SMILES string of the molecule is CCC(Sc1cccc(NC(=O)/C(=C/c2ccsc2)NC(=O)c2ccccc2)c1)C(=O)Nc1cc(Cl)c(OC)cc1OC. The molecule has 0 saturated carbocycles. The van der Waals surface area contributed by atoms with Gasteiger partial charge in [0.1, 0.15) is 17.2 Å². The van der Waals surface area contributed by atoms with Crippen molar-refractivity contribution in [2.45, 2.75) is 23.5 Å². The number of anilines is 2. The molecule has 3 amide bonds. The van der Waals surface area contributed by atoms with Crippen LogP contribution in [-0.2, 0) is 9.59 Å². The minimum absolute atomic E-state index is 0.100. The summed E-state index contributed by atoms with van der Waals surface area (Å²) in [6, 6.07) is 20.9. The summed E-state index contributed by atoms with van der Waals surface area (Å²) in [7, 11) is 3.00. The van der Waals surface area contributed by atoms with Gasteiger partial charge in [0.05, 0.1) is 30.2 Å². The molecule has 0 bridgehead atoms. The second-order valence-electron chi connectivity index (χ2n) is 9.11. The summed E-state index contributed by atoms with van der Waals surface area (Å²) in [5.74, 6) is -0.250. The third-order valence-electron chi connectivity index (χ3n) is 6.15. The molecular weight excluding hydrogens is 606 g/mol. The second-order valence-corrected chi connectivity index (χ2v) is 11.6. The largest absolute Gasteiger partial charge is 0.495 e. The number of amides is 3. The Hall–Kier alpha value is -4.25. The predicted octanol–water partition coefficient (Wildman–Crippen LogP) is 7.34. The summed E-state index contributed by atoms with van der Waals surface area (Å²) >= 11 is 9.11. The van der Waals surface area contributed by atoms with Crippen LogP contribution in [0.25, 0.3) is 6.08 Å². The summed E-state index contributed by atoms with van der Waals surface area (Å²) in [5, 5.41) is 12.2. The molecule has 0 aliphatic rings. The highest BCUT2D eigenvalue weighted by Gasteiger charge is 2.21. The van der Waals surface area contributed by atoms with Crippen molar-refractivity contribution in [3.05, 3.63) is 105 Å². The van der Waals surface area contributed by atoms with Crippen LogP contribution in [0, 0.1) is 0 Å². The fourth-order valence-electron chi connectivity index (χ4n) is 3.97. The fourth-order valence-corrected chi connectivity index (χ4v) is 5.84. The molecule has 0 aliphatic heterocycles. The van der Waals surface area contributed by atoms with Gasteiger partial charge in [-0.3, -0.25) is 14.4 Å². The van der Waals surface area contributed by atoms with Crippen molar-refractivity contribution in [3.8, 4) is 11.5 Å². The van der Waals surface area contributed by atoms with Gasteiger partial charge in [-0.25, -0.2) is 0 Å². The zero-order valence-corrected chi connectivity index (χ0v) is 26.1. The summed E-state index contributed by atoms with van der Waals surface area (Å²) in [5.41, 5.74) is 2.27. The quantitative estimate of drug-likeness (QED) is 0.111. The Balaban J connectivity index is 1.47. The van der Waals surface area contributed by atoms with Gasteiger partial charge in [-0.15, -0.1) is 11.8 Å². The van der Waals surface area contributed by atoms with Gasteiger partial charge in [0.2, 0.25) is 5.91 Å². The third kappa shape index (κ3) is 8.63. The lowest BCUT2D eigenvalue weighted by molar-refractivity contribution is -0.116. The molecule has 0 spiro atoms. The van der Waals surface area contributed by atoms with E-state index in [9.17, 15) is 14.4 Å². The smallest absolute Gasteiger partial charge is 0.272 e. The topological polar surface area (TPSA) is 106 Å². The molecule has 0 saturated heterocycles. The molecule has 222 valence electrons. The molecule has 0 radical (unpaired) electrons. The molecule has 1 unspecified atom stereocenters. The Morgan fingerprint density at radius 1 is 0.953 bits per heavy atom. The van der Waals surface area contributed by atoms with E-state index in [0.717, 1.165) is 10.5 Å². The predicted molar refractivity (Wildman–Crippen MR) is 174 cm³/mol. The van der Waals surface area contributed by atoms with Crippen molar-refractivity contribution in [1.82, 2.24) is 5.32 Å². The molecule has 0 fully saturated rings. The van der Waals surface area contributed by atoms with Gasteiger partial charge in [0, 0.05) is 22.2 Å². The normalized spacial score (nSPS) is 11.8. The first-order valence-corrected chi connectivity index (χ1v) is 15.4. The lowest BCUT2D eigenvalue weighted by Crippen LogP contribution is -2.30. The molecule has 8 nitrogen and oxygen atoms in total. The molecule has 0 aliphatic carbocycles. The molecule has 11 heteroatoms. The number of thioether (sulfide) groups is 1. The van der Waals surface area contributed by atoms with E-state index in [1.807, 2.05) is 35.9 Å². The lowest BCUT2D eigenvalue weighted by atomic mass is 10.2. The van der Waals surface area contributed by atoms with Gasteiger partial charge in [0.15, 0.2) is 0 Å². The Bertz CT molecular complexity index is 1610. The van der Waals surface area contributed by atoms with Crippen molar-refractivity contribution in [2.24, 2.45) is 0 Å². The maximum atomic E-state index is 13.3. The number of carbonyl (C=O) groups excluding carboxylic acids is 3. The molecule has 3 N–H and O–H groups in total. The number of ether oxygens (including phenoxy) is 2. The van der Waals surface area contributed by atoms with Gasteiger partial charge in [-0.05, 0) is 71.3 Å². The van der Waals surface area contributed by atoms with Crippen LogP contribution in [0.4, 0.5) is 11.4 Å². The molecule has 1 aromatic heterocycles. The summed E-state index contributed by atoms with van der Waals surface area (Å²) in [6.07, 6.45) is 2.17. The van der Waals surface area contributed by atoms with E-state index in [1.54, 1.807) is 60.7 Å². The van der Waals surface area contributed by atoms with Gasteiger partial charge in [0.25, 0.3) is 11.8 Å². The lowest BCUT2D eigenvalue weighted by Gasteiger charge is -2.18. The monoisotopic (exact) mass is 635 g/mol. The number of benzene rings is 3. The molecular formula is C32H30ClN3O5S2. The van der Waals surface area contributed by atoms with Crippen molar-refractivity contribution >= 4 is 69.9 Å². The average molecular weight is 636 g/mol. The minimum atomic E-state index is -0.481. The number of thiophene rings is 1. The van der Waals surface area contributed by atoms with E-state index in [-0.39, 0.29) is 11.6 Å². The molecule has 43 heavy (non-hydrogen) atoms. The van der Waals surface area contributed by atoms with E-state index < -0.39 is 17.1 Å². The Morgan fingerprint density at radius 2 is 1.72 bits per heavy atom. The number of methoxy groups -OCH3 is 2. The second kappa shape index (κ2) is 15.3. The van der Waals surface area contributed by atoms with Gasteiger partial charge < -0.3 is 25.4 Å². The maximum absolute atomic E-state index is 13.3. The highest BCUT2D eigenvalue weighted by atomic mass is 35.5. The molecule has 3 aromatic carbocycles. The van der Waals surface area contributed by atoms with Crippen LogP contribution < -0.4 is 25.4 Å². The van der Waals surface area contributed by atoms with Crippen LogP contribution in [0.3, 0.4) is 0 Å². The maximum Gasteiger partial charge on any atom is 0.272 e. The van der Waals surface area contributed by atoms with Gasteiger partial charge in [-0.2, -0.15) is 11.3 Å². The molecule has 1 atom stereocenters. The summed E-state index contributed by atoms with van der Waals surface area (Å²) < 4.78 is 10.6. The molecule has 4 rings (SSSR count). The van der Waals surface area contributed by atoms with Crippen molar-refractivity contribution < 1.29 is 23.9 Å². The summed E-state index contributed by atoms with van der Waals surface area (Å²) in [4.78, 5) is 40.2. The van der Waals surface area contributed by atoms with E-state index in [2.05, 4.69) is 16.0 Å². The van der Waals surface area contributed by atoms with Crippen LogP contribution in [0.15, 0.2) is 94.1 Å². The number of rotatable bonds is 12. The standard InChI is InChI=1S/C32H30ClN3O5S2/c1-4-29(32(39)35-25-17-24(33)27(40-2)18-28(25)41-3)43-23-12-8-11-22(16-23)34-31(38)26(15-20-13-14-42-19-20)36-30(37)21-9-6-5-7-10-21/h5-19,29H,4H2,1-3H3,(H,34,38)(H,35,39)(H,36,37)/b26-15-. The Kier molecular flexibility index (Phi) is 11.3. The first-order valence-electron chi connectivity index (χ1n) is 13.2. The highest BCUT2D eigenvalue weighted by molar-refractivity contribution is 8.00. The van der Waals surface area contributed by atoms with E-state index in [4.69, 9.17) is 21.1 Å². The van der Waals surface area contributed by atoms with Gasteiger partial charge >= 0.3 is 0 Å². The van der Waals surface area contributed by atoms with E-state index in [0.29, 0.717) is 39.9 Å². The Labute approximate surface area is 263 Å². The number of halogens is 1. The van der Waals surface area contributed by atoms with E-state index >= 15 is 0 Å². The molecule has 4 aromatic rings. The van der Waals surface area contributed by atoms with Crippen LogP contribution in [0.5, 0.6) is 11.5 Å². The fraction of sp³-hybridized carbons (Fsp3) is 0.156. The Morgan fingerprint density at radius 3 is 2.40 bits per heavy atom. The highest BCUT2D eigenvalue weighted by Crippen LogP contribution is 2.37. The minimum Gasteiger partial charge on any atom is -0.495 e. The number of carbonyl (C=O) groups is 3. The number of hydrogen-bond acceptors (Lipinski definition) is 7. The third-order valence-corrected chi connectivity index (χ3v) is 8.50. The van der Waals surface area contributed by atoms with Crippen LogP contribution in [0.1, 0.15) is 29.3 Å². The molecule has 1 heterocycles. The summed E-state index contributed by atoms with van der Waals surface area (Å²) in [6.45, 7) is 1.91. The van der Waals surface area contributed by atoms with E-state index in [1.165, 1.54) is 37.3 Å². The van der Waals surface area contributed by atoms with Crippen LogP contribution in [-0.4, -0.2) is 37.2 Å². The zero-order chi connectivity index (χ0) is 30.8. The number of nitrogens with one attached hydrogen (secondary N) is 3.